The molecule has 15 heavy (non-hydrogen) atoms. The maximum Gasteiger partial charge on any atom is 0.346 e. The molecule has 1 aromatic carbocycles. The van der Waals surface area contributed by atoms with Gasteiger partial charge in [0.1, 0.15) is 0 Å². The molecule has 1 aliphatic heterocycles. The molecule has 0 saturated carbocycles. The third-order valence-electron chi connectivity index (χ3n) is 2.50. The molecule has 3 nitrogen and oxygen atoms in total. The van der Waals surface area contributed by atoms with E-state index in [0.29, 0.717) is 5.56 Å². The van der Waals surface area contributed by atoms with Gasteiger partial charge in [0.2, 0.25) is 0 Å². The average molecular weight is 204 g/mol. The highest BCUT2D eigenvalue weighted by Gasteiger charge is 2.26. The van der Waals surface area contributed by atoms with Gasteiger partial charge in [-0.15, -0.1) is 0 Å². The second-order valence-electron chi connectivity index (χ2n) is 3.64. The molecular weight excluding hydrogens is 192 g/mol. The Labute approximate surface area is 88.1 Å². The molecular formula is C12H12O3. The molecule has 0 aliphatic carbocycles. The monoisotopic (exact) mass is 204 g/mol. The van der Waals surface area contributed by atoms with Crippen molar-refractivity contribution in [3.8, 4) is 0 Å². The van der Waals surface area contributed by atoms with Crippen molar-refractivity contribution >= 4 is 11.9 Å². The Morgan fingerprint density at radius 1 is 1.33 bits per heavy atom. The summed E-state index contributed by atoms with van der Waals surface area (Å²) >= 11 is 0. The number of ether oxygens (including phenoxy) is 1. The molecule has 0 unspecified atom stereocenters. The van der Waals surface area contributed by atoms with Gasteiger partial charge >= 0.3 is 11.9 Å². The van der Waals surface area contributed by atoms with Gasteiger partial charge in [-0.1, -0.05) is 31.5 Å². The molecule has 1 aliphatic rings. The summed E-state index contributed by atoms with van der Waals surface area (Å²) in [5.74, 6) is -0.952. The fraction of sp³-hybridized carbons (Fsp3) is 0.333. The van der Waals surface area contributed by atoms with Crippen molar-refractivity contribution in [1.29, 1.82) is 0 Å². The van der Waals surface area contributed by atoms with E-state index in [-0.39, 0.29) is 6.42 Å². The number of rotatable bonds is 2. The highest BCUT2D eigenvalue weighted by atomic mass is 16.6. The van der Waals surface area contributed by atoms with Crippen LogP contribution >= 0.6 is 0 Å². The Morgan fingerprint density at radius 3 is 2.87 bits per heavy atom. The summed E-state index contributed by atoms with van der Waals surface area (Å²) < 4.78 is 4.62. The minimum Gasteiger partial charge on any atom is -0.389 e. The Hall–Kier alpha value is -1.64. The van der Waals surface area contributed by atoms with Gasteiger partial charge in [-0.2, -0.15) is 0 Å². The van der Waals surface area contributed by atoms with Gasteiger partial charge in [-0.25, -0.2) is 4.79 Å². The smallest absolute Gasteiger partial charge is 0.346 e. The molecule has 0 radical (unpaired) electrons. The summed E-state index contributed by atoms with van der Waals surface area (Å²) in [6, 6.07) is 5.61. The summed E-state index contributed by atoms with van der Waals surface area (Å²) in [5.41, 5.74) is 2.37. The van der Waals surface area contributed by atoms with Crippen molar-refractivity contribution in [2.45, 2.75) is 26.2 Å². The molecule has 0 spiro atoms. The van der Waals surface area contributed by atoms with Crippen LogP contribution in [0, 0.1) is 0 Å². The highest BCUT2D eigenvalue weighted by Crippen LogP contribution is 2.22. The molecule has 1 aromatic rings. The summed E-state index contributed by atoms with van der Waals surface area (Å²) in [7, 11) is 0. The van der Waals surface area contributed by atoms with Crippen LogP contribution in [0.25, 0.3) is 0 Å². The van der Waals surface area contributed by atoms with Gasteiger partial charge in [0, 0.05) is 0 Å². The zero-order valence-corrected chi connectivity index (χ0v) is 8.58. The molecule has 0 N–H and O–H groups in total. The predicted octanol–water partition coefficient (Wildman–Crippen LogP) is 1.88. The lowest BCUT2D eigenvalue weighted by atomic mass is 9.95. The maximum atomic E-state index is 11.5. The standard InChI is InChI=1S/C12H12O3/c1-2-4-8-5-3-6-9-7-10(13)15-12(14)11(8)9/h3,5-6H,2,4,7H2,1H3. The Kier molecular flexibility index (Phi) is 2.54. The van der Waals surface area contributed by atoms with Crippen LogP contribution in [0.5, 0.6) is 0 Å². The van der Waals surface area contributed by atoms with Crippen molar-refractivity contribution in [2.24, 2.45) is 0 Å². The number of aryl methyl sites for hydroxylation is 1. The molecule has 0 atom stereocenters. The Morgan fingerprint density at radius 2 is 2.13 bits per heavy atom. The topological polar surface area (TPSA) is 43.4 Å². The number of carbonyl (C=O) groups excluding carboxylic acids is 2. The fourth-order valence-corrected chi connectivity index (χ4v) is 1.89. The normalized spacial score (nSPS) is 14.7. The largest absolute Gasteiger partial charge is 0.389 e. The van der Waals surface area contributed by atoms with Crippen LogP contribution in [0.4, 0.5) is 0 Å². The van der Waals surface area contributed by atoms with Crippen molar-refractivity contribution in [1.82, 2.24) is 0 Å². The number of hydrogen-bond donors (Lipinski definition) is 0. The van der Waals surface area contributed by atoms with Crippen molar-refractivity contribution in [3.05, 3.63) is 34.9 Å². The van der Waals surface area contributed by atoms with Crippen LogP contribution in [0.2, 0.25) is 0 Å². The van der Waals surface area contributed by atoms with Gasteiger partial charge in [0.05, 0.1) is 12.0 Å². The number of fused-ring (bicyclic) bond motifs is 1. The summed E-state index contributed by atoms with van der Waals surface area (Å²) in [6.07, 6.45) is 2.02. The van der Waals surface area contributed by atoms with E-state index in [0.717, 1.165) is 24.0 Å². The molecule has 2 rings (SSSR count). The van der Waals surface area contributed by atoms with Gasteiger partial charge in [-0.05, 0) is 17.5 Å². The lowest BCUT2D eigenvalue weighted by molar-refractivity contribution is -0.137. The molecule has 0 amide bonds. The number of carbonyl (C=O) groups is 2. The van der Waals surface area contributed by atoms with E-state index in [1.807, 2.05) is 18.2 Å². The van der Waals surface area contributed by atoms with Crippen LogP contribution in [-0.2, 0) is 22.4 Å². The van der Waals surface area contributed by atoms with E-state index in [9.17, 15) is 9.59 Å². The third-order valence-corrected chi connectivity index (χ3v) is 2.50. The molecule has 0 aromatic heterocycles. The first kappa shape index (κ1) is 9.90. The molecule has 78 valence electrons. The van der Waals surface area contributed by atoms with Crippen LogP contribution in [0.1, 0.15) is 34.8 Å². The number of hydrogen-bond acceptors (Lipinski definition) is 3. The summed E-state index contributed by atoms with van der Waals surface area (Å²) in [4.78, 5) is 22.6. The zero-order chi connectivity index (χ0) is 10.8. The number of cyclic esters (lactones) is 2. The fourth-order valence-electron chi connectivity index (χ4n) is 1.89. The minimum absolute atomic E-state index is 0.207. The second kappa shape index (κ2) is 3.85. The number of esters is 2. The summed E-state index contributed by atoms with van der Waals surface area (Å²) in [5, 5.41) is 0. The van der Waals surface area contributed by atoms with Crippen molar-refractivity contribution in [2.75, 3.05) is 0 Å². The van der Waals surface area contributed by atoms with E-state index in [1.165, 1.54) is 0 Å². The molecule has 3 heteroatoms. The SMILES string of the molecule is CCCc1cccc2c1C(=O)OC(=O)C2. The first-order valence-electron chi connectivity index (χ1n) is 5.08. The second-order valence-corrected chi connectivity index (χ2v) is 3.64. The molecule has 0 saturated heterocycles. The summed E-state index contributed by atoms with van der Waals surface area (Å²) in [6.45, 7) is 2.05. The van der Waals surface area contributed by atoms with E-state index >= 15 is 0 Å². The molecule has 0 bridgehead atoms. The van der Waals surface area contributed by atoms with Gasteiger partial charge < -0.3 is 4.74 Å². The van der Waals surface area contributed by atoms with E-state index in [2.05, 4.69) is 11.7 Å². The van der Waals surface area contributed by atoms with E-state index < -0.39 is 11.9 Å². The Bertz CT molecular complexity index is 421. The van der Waals surface area contributed by atoms with Crippen molar-refractivity contribution < 1.29 is 14.3 Å². The van der Waals surface area contributed by atoms with Crippen LogP contribution in [-0.4, -0.2) is 11.9 Å². The first-order valence-corrected chi connectivity index (χ1v) is 5.08. The number of benzene rings is 1. The third kappa shape index (κ3) is 1.77. The predicted molar refractivity (Wildman–Crippen MR) is 54.6 cm³/mol. The van der Waals surface area contributed by atoms with E-state index in [4.69, 9.17) is 0 Å². The lowest BCUT2D eigenvalue weighted by Crippen LogP contribution is -2.24. The quantitative estimate of drug-likeness (QED) is 0.545. The van der Waals surface area contributed by atoms with E-state index in [1.54, 1.807) is 0 Å². The first-order chi connectivity index (χ1) is 7.22. The average Bonchev–Trinajstić information content (AvgIpc) is 2.17. The van der Waals surface area contributed by atoms with Crippen LogP contribution in [0.15, 0.2) is 18.2 Å². The van der Waals surface area contributed by atoms with Gasteiger partial charge in [0.25, 0.3) is 0 Å². The zero-order valence-electron chi connectivity index (χ0n) is 8.58. The van der Waals surface area contributed by atoms with Gasteiger partial charge in [-0.3, -0.25) is 4.79 Å². The minimum atomic E-state index is -0.495. The lowest BCUT2D eigenvalue weighted by Gasteiger charge is -2.16. The molecule has 0 fully saturated rings. The van der Waals surface area contributed by atoms with Crippen LogP contribution < -0.4 is 0 Å². The molecule has 1 heterocycles. The van der Waals surface area contributed by atoms with Crippen molar-refractivity contribution in [3.63, 3.8) is 0 Å². The van der Waals surface area contributed by atoms with Crippen LogP contribution in [0.3, 0.4) is 0 Å². The van der Waals surface area contributed by atoms with Gasteiger partial charge in [0.15, 0.2) is 0 Å². The maximum absolute atomic E-state index is 11.5. The highest BCUT2D eigenvalue weighted by molar-refractivity contribution is 6.03. The Balaban J connectivity index is 2.49.